The highest BCUT2D eigenvalue weighted by Crippen LogP contribution is 2.51. The van der Waals surface area contributed by atoms with Gasteiger partial charge in [-0.25, -0.2) is 4.57 Å². The molecular formula is C15H16NO3P. The van der Waals surface area contributed by atoms with Crippen molar-refractivity contribution < 1.29 is 13.6 Å². The van der Waals surface area contributed by atoms with Gasteiger partial charge in [0.05, 0.1) is 0 Å². The summed E-state index contributed by atoms with van der Waals surface area (Å²) in [5.74, 6) is -0.0453. The maximum atomic E-state index is 12.8. The molecule has 1 atom stereocenters. The minimum Gasteiger partial charge on any atom is -0.415 e. The SMILES string of the molecule is C=CC(N)P(=O)(Oc1ccccc1)Oc1ccccc1. The van der Waals surface area contributed by atoms with Crippen molar-refractivity contribution in [2.24, 2.45) is 5.73 Å². The summed E-state index contributed by atoms with van der Waals surface area (Å²) in [7, 11) is -3.59. The van der Waals surface area contributed by atoms with Crippen LogP contribution in [0.3, 0.4) is 0 Å². The zero-order chi connectivity index (χ0) is 14.4. The summed E-state index contributed by atoms with van der Waals surface area (Å²) in [4.78, 5) is 0. The Balaban J connectivity index is 2.26. The largest absolute Gasteiger partial charge is 0.451 e. The molecule has 0 aromatic heterocycles. The number of para-hydroxylation sites is 2. The Hall–Kier alpha value is -2.03. The molecule has 0 radical (unpaired) electrons. The molecule has 4 nitrogen and oxygen atoms in total. The van der Waals surface area contributed by atoms with Gasteiger partial charge in [-0.3, -0.25) is 0 Å². The highest BCUT2D eigenvalue weighted by molar-refractivity contribution is 7.55. The van der Waals surface area contributed by atoms with Crippen LogP contribution in [0.25, 0.3) is 0 Å². The maximum absolute atomic E-state index is 12.8. The minimum absolute atomic E-state index is 0.434. The summed E-state index contributed by atoms with van der Waals surface area (Å²) in [5.41, 5.74) is 5.82. The standard InChI is InChI=1S/C15H16NO3P/c1-2-15(16)20(17,18-13-9-5-3-6-10-13)19-14-11-7-4-8-12-14/h2-12,15H,1,16H2. The molecule has 2 aromatic carbocycles. The van der Waals surface area contributed by atoms with Gasteiger partial charge in [0, 0.05) is 0 Å². The monoisotopic (exact) mass is 289 g/mol. The first-order valence-corrected chi connectivity index (χ1v) is 7.72. The van der Waals surface area contributed by atoms with Crippen LogP contribution in [0.5, 0.6) is 11.5 Å². The van der Waals surface area contributed by atoms with Crippen LogP contribution in [0.1, 0.15) is 0 Å². The van der Waals surface area contributed by atoms with Gasteiger partial charge < -0.3 is 14.8 Å². The lowest BCUT2D eigenvalue weighted by molar-refractivity contribution is 0.379. The first kappa shape index (κ1) is 14.4. The van der Waals surface area contributed by atoms with Gasteiger partial charge in [-0.1, -0.05) is 42.5 Å². The van der Waals surface area contributed by atoms with Crippen molar-refractivity contribution in [3.05, 3.63) is 73.3 Å². The highest BCUT2D eigenvalue weighted by atomic mass is 31.2. The number of hydrogen-bond donors (Lipinski definition) is 1. The molecule has 2 rings (SSSR count). The van der Waals surface area contributed by atoms with Crippen molar-refractivity contribution in [1.29, 1.82) is 0 Å². The number of hydrogen-bond acceptors (Lipinski definition) is 4. The Bertz CT molecular complexity index is 556. The molecule has 2 aromatic rings. The van der Waals surface area contributed by atoms with Crippen LogP contribution < -0.4 is 14.8 Å². The molecule has 0 fully saturated rings. The van der Waals surface area contributed by atoms with Gasteiger partial charge in [-0.05, 0) is 24.3 Å². The Morgan fingerprint density at radius 3 is 1.70 bits per heavy atom. The second-order valence-corrected chi connectivity index (χ2v) is 6.12. The molecule has 20 heavy (non-hydrogen) atoms. The Morgan fingerprint density at radius 2 is 1.35 bits per heavy atom. The lowest BCUT2D eigenvalue weighted by atomic mass is 10.3. The van der Waals surface area contributed by atoms with E-state index in [-0.39, 0.29) is 0 Å². The third-order valence-corrected chi connectivity index (χ3v) is 4.43. The first-order valence-electron chi connectivity index (χ1n) is 6.11. The first-order chi connectivity index (χ1) is 9.64. The smallest absolute Gasteiger partial charge is 0.415 e. The molecule has 1 unspecified atom stereocenters. The van der Waals surface area contributed by atoms with Crippen LogP contribution in [-0.2, 0) is 4.57 Å². The van der Waals surface area contributed by atoms with E-state index < -0.39 is 13.4 Å². The van der Waals surface area contributed by atoms with Crippen molar-refractivity contribution >= 4 is 7.60 Å². The van der Waals surface area contributed by atoms with E-state index >= 15 is 0 Å². The Kier molecular flexibility index (Phi) is 4.61. The van der Waals surface area contributed by atoms with Crippen molar-refractivity contribution in [3.8, 4) is 11.5 Å². The summed E-state index contributed by atoms with van der Waals surface area (Å²) in [5, 5.41) is 0. The van der Waals surface area contributed by atoms with E-state index in [1.54, 1.807) is 48.5 Å². The summed E-state index contributed by atoms with van der Waals surface area (Å²) in [6.45, 7) is 3.55. The Labute approximate surface area is 118 Å². The van der Waals surface area contributed by atoms with Crippen molar-refractivity contribution in [1.82, 2.24) is 0 Å². The lowest BCUT2D eigenvalue weighted by Crippen LogP contribution is -2.23. The molecule has 0 aliphatic rings. The number of rotatable bonds is 6. The summed E-state index contributed by atoms with van der Waals surface area (Å²) in [6.07, 6.45) is 1.35. The Morgan fingerprint density at radius 1 is 0.950 bits per heavy atom. The summed E-state index contributed by atoms with van der Waals surface area (Å²) < 4.78 is 23.8. The topological polar surface area (TPSA) is 61.6 Å². The van der Waals surface area contributed by atoms with E-state index in [4.69, 9.17) is 14.8 Å². The third-order valence-electron chi connectivity index (χ3n) is 2.56. The average Bonchev–Trinajstić information content (AvgIpc) is 2.48. The van der Waals surface area contributed by atoms with Gasteiger partial charge in [0.1, 0.15) is 17.3 Å². The molecule has 0 aliphatic heterocycles. The predicted molar refractivity (Wildman–Crippen MR) is 79.9 cm³/mol. The van der Waals surface area contributed by atoms with Gasteiger partial charge in [0.2, 0.25) is 0 Å². The van der Waals surface area contributed by atoms with Crippen molar-refractivity contribution in [2.75, 3.05) is 0 Å². The number of nitrogens with two attached hydrogens (primary N) is 1. The van der Waals surface area contributed by atoms with E-state index in [0.29, 0.717) is 11.5 Å². The lowest BCUT2D eigenvalue weighted by Gasteiger charge is -2.23. The van der Waals surface area contributed by atoms with Gasteiger partial charge in [0.25, 0.3) is 0 Å². The molecule has 0 saturated heterocycles. The van der Waals surface area contributed by atoms with Crippen LogP contribution in [0.4, 0.5) is 0 Å². The van der Waals surface area contributed by atoms with Gasteiger partial charge in [-0.2, -0.15) is 0 Å². The molecular weight excluding hydrogens is 273 g/mol. The van der Waals surface area contributed by atoms with E-state index in [2.05, 4.69) is 6.58 Å². The minimum atomic E-state index is -3.59. The van der Waals surface area contributed by atoms with Crippen LogP contribution in [-0.4, -0.2) is 5.78 Å². The summed E-state index contributed by atoms with van der Waals surface area (Å²) >= 11 is 0. The van der Waals surface area contributed by atoms with E-state index in [1.165, 1.54) is 6.08 Å². The molecule has 0 spiro atoms. The normalized spacial score (nSPS) is 12.4. The van der Waals surface area contributed by atoms with E-state index in [0.717, 1.165) is 0 Å². The quantitative estimate of drug-likeness (QED) is 0.649. The second kappa shape index (κ2) is 6.42. The van der Waals surface area contributed by atoms with Gasteiger partial charge in [0.15, 0.2) is 0 Å². The van der Waals surface area contributed by atoms with Crippen LogP contribution in [0, 0.1) is 0 Å². The van der Waals surface area contributed by atoms with Crippen LogP contribution >= 0.6 is 7.60 Å². The number of benzene rings is 2. The van der Waals surface area contributed by atoms with Crippen molar-refractivity contribution in [3.63, 3.8) is 0 Å². The fourth-order valence-corrected chi connectivity index (χ4v) is 2.90. The van der Waals surface area contributed by atoms with Crippen LogP contribution in [0.15, 0.2) is 73.3 Å². The molecule has 0 heterocycles. The van der Waals surface area contributed by atoms with Gasteiger partial charge in [-0.15, -0.1) is 6.58 Å². The van der Waals surface area contributed by atoms with Crippen molar-refractivity contribution in [2.45, 2.75) is 5.78 Å². The van der Waals surface area contributed by atoms with E-state index in [1.807, 2.05) is 12.1 Å². The fourth-order valence-electron chi connectivity index (χ4n) is 1.53. The predicted octanol–water partition coefficient (Wildman–Crippen LogP) is 3.81. The molecule has 0 amide bonds. The molecule has 0 bridgehead atoms. The second-order valence-electron chi connectivity index (χ2n) is 4.07. The third kappa shape index (κ3) is 3.50. The maximum Gasteiger partial charge on any atom is 0.451 e. The molecule has 104 valence electrons. The molecule has 0 aliphatic carbocycles. The molecule has 5 heteroatoms. The zero-order valence-electron chi connectivity index (χ0n) is 10.9. The average molecular weight is 289 g/mol. The fraction of sp³-hybridized carbons (Fsp3) is 0.0667. The zero-order valence-corrected chi connectivity index (χ0v) is 11.8. The summed E-state index contributed by atoms with van der Waals surface area (Å²) in [6, 6.07) is 17.6. The van der Waals surface area contributed by atoms with Gasteiger partial charge >= 0.3 is 7.60 Å². The van der Waals surface area contributed by atoms with E-state index in [9.17, 15) is 4.57 Å². The van der Waals surface area contributed by atoms with Crippen LogP contribution in [0.2, 0.25) is 0 Å². The highest BCUT2D eigenvalue weighted by Gasteiger charge is 2.34. The molecule has 0 saturated carbocycles. The molecule has 2 N–H and O–H groups in total.